The minimum Gasteiger partial charge on any atom is -0.257 e. The molecule has 2 rings (SSSR count). The monoisotopic (exact) mass is 238 g/mol. The molecule has 0 radical (unpaired) electrons. The SMILES string of the molecule is CN1C(C#N)=C(F)c2ccccc2S1(=O)=O. The van der Waals surface area contributed by atoms with Gasteiger partial charge in [0, 0.05) is 12.6 Å². The average molecular weight is 238 g/mol. The first-order valence-electron chi connectivity index (χ1n) is 4.38. The van der Waals surface area contributed by atoms with E-state index in [1.165, 1.54) is 24.3 Å². The first kappa shape index (κ1) is 10.6. The summed E-state index contributed by atoms with van der Waals surface area (Å²) in [5.41, 5.74) is -0.546. The zero-order valence-electron chi connectivity index (χ0n) is 8.31. The number of hydrogen-bond acceptors (Lipinski definition) is 3. The van der Waals surface area contributed by atoms with Gasteiger partial charge < -0.3 is 0 Å². The second kappa shape index (κ2) is 3.32. The minimum atomic E-state index is -3.80. The Morgan fingerprint density at radius 3 is 2.62 bits per heavy atom. The van der Waals surface area contributed by atoms with Gasteiger partial charge in [0.1, 0.15) is 6.07 Å². The van der Waals surface area contributed by atoms with Crippen LogP contribution in [-0.2, 0) is 10.0 Å². The van der Waals surface area contributed by atoms with Crippen molar-refractivity contribution in [2.75, 3.05) is 7.05 Å². The van der Waals surface area contributed by atoms with Crippen molar-refractivity contribution in [2.45, 2.75) is 4.90 Å². The summed E-state index contributed by atoms with van der Waals surface area (Å²) in [5.74, 6) is -0.810. The number of halogens is 1. The molecule has 6 heteroatoms. The zero-order valence-corrected chi connectivity index (χ0v) is 9.12. The predicted octanol–water partition coefficient (Wildman–Crippen LogP) is 1.48. The average Bonchev–Trinajstić information content (AvgIpc) is 2.28. The highest BCUT2D eigenvalue weighted by Crippen LogP contribution is 2.35. The van der Waals surface area contributed by atoms with Crippen LogP contribution in [0.15, 0.2) is 34.9 Å². The second-order valence-corrected chi connectivity index (χ2v) is 5.18. The Bertz CT molecular complexity index is 628. The Morgan fingerprint density at radius 2 is 2.00 bits per heavy atom. The fourth-order valence-electron chi connectivity index (χ4n) is 1.53. The lowest BCUT2D eigenvalue weighted by atomic mass is 10.1. The Morgan fingerprint density at radius 1 is 1.38 bits per heavy atom. The fraction of sp³-hybridized carbons (Fsp3) is 0.100. The maximum absolute atomic E-state index is 13.8. The Balaban J connectivity index is 2.89. The van der Waals surface area contributed by atoms with Crippen LogP contribution in [0.1, 0.15) is 5.56 Å². The number of nitriles is 1. The number of allylic oxidation sites excluding steroid dienone is 1. The molecule has 1 aliphatic rings. The number of benzene rings is 1. The van der Waals surface area contributed by atoms with Gasteiger partial charge in [0.15, 0.2) is 11.5 Å². The van der Waals surface area contributed by atoms with E-state index >= 15 is 0 Å². The molecule has 0 aromatic heterocycles. The Kier molecular flexibility index (Phi) is 2.21. The third kappa shape index (κ3) is 1.22. The summed E-state index contributed by atoms with van der Waals surface area (Å²) < 4.78 is 38.2. The molecule has 0 N–H and O–H groups in total. The summed E-state index contributed by atoms with van der Waals surface area (Å²) in [6, 6.07) is 7.24. The number of rotatable bonds is 0. The van der Waals surface area contributed by atoms with Crippen LogP contribution >= 0.6 is 0 Å². The summed E-state index contributed by atoms with van der Waals surface area (Å²) in [4.78, 5) is -0.117. The maximum atomic E-state index is 13.8. The van der Waals surface area contributed by atoms with Gasteiger partial charge in [-0.25, -0.2) is 12.8 Å². The normalized spacial score (nSPS) is 17.9. The van der Waals surface area contributed by atoms with Gasteiger partial charge in [-0.1, -0.05) is 18.2 Å². The van der Waals surface area contributed by atoms with E-state index in [-0.39, 0.29) is 10.5 Å². The third-order valence-electron chi connectivity index (χ3n) is 2.39. The van der Waals surface area contributed by atoms with Crippen LogP contribution < -0.4 is 0 Å². The number of nitrogens with zero attached hydrogens (tertiary/aromatic N) is 2. The molecule has 0 bridgehead atoms. The van der Waals surface area contributed by atoms with Crippen molar-refractivity contribution < 1.29 is 12.8 Å². The van der Waals surface area contributed by atoms with Crippen molar-refractivity contribution in [3.05, 3.63) is 35.5 Å². The molecule has 82 valence electrons. The van der Waals surface area contributed by atoms with Crippen molar-refractivity contribution in [1.82, 2.24) is 4.31 Å². The van der Waals surface area contributed by atoms with Crippen molar-refractivity contribution in [1.29, 1.82) is 5.26 Å². The second-order valence-electron chi connectivity index (χ2n) is 3.24. The van der Waals surface area contributed by atoms with Crippen LogP contribution in [0.4, 0.5) is 4.39 Å². The number of fused-ring (bicyclic) bond motifs is 1. The Labute approximate surface area is 92.3 Å². The van der Waals surface area contributed by atoms with E-state index < -0.39 is 21.5 Å². The van der Waals surface area contributed by atoms with Gasteiger partial charge >= 0.3 is 0 Å². The quantitative estimate of drug-likeness (QED) is 0.687. The van der Waals surface area contributed by atoms with Crippen LogP contribution in [0.5, 0.6) is 0 Å². The number of hydrogen-bond donors (Lipinski definition) is 0. The molecule has 1 aromatic carbocycles. The van der Waals surface area contributed by atoms with E-state index in [0.29, 0.717) is 4.31 Å². The molecule has 0 amide bonds. The van der Waals surface area contributed by atoms with Crippen molar-refractivity contribution in [3.8, 4) is 6.07 Å². The smallest absolute Gasteiger partial charge is 0.257 e. The Hall–Kier alpha value is -1.87. The standard InChI is InChI=1S/C10H7FN2O2S/c1-13-8(6-12)10(11)7-4-2-3-5-9(7)16(13,14)15/h2-5H,1H3. The molecule has 0 fully saturated rings. The molecular weight excluding hydrogens is 231 g/mol. The summed E-state index contributed by atoms with van der Waals surface area (Å²) in [6.07, 6.45) is 0. The first-order valence-corrected chi connectivity index (χ1v) is 5.82. The topological polar surface area (TPSA) is 61.2 Å². The lowest BCUT2D eigenvalue weighted by molar-refractivity contribution is 0.519. The van der Waals surface area contributed by atoms with Gasteiger partial charge in [0.05, 0.1) is 4.90 Å². The molecule has 4 nitrogen and oxygen atoms in total. The molecule has 1 aliphatic heterocycles. The van der Waals surface area contributed by atoms with Gasteiger partial charge in [0.25, 0.3) is 10.0 Å². The molecule has 0 spiro atoms. The molecule has 0 atom stereocenters. The van der Waals surface area contributed by atoms with Gasteiger partial charge in [-0.05, 0) is 6.07 Å². The molecule has 0 aliphatic carbocycles. The van der Waals surface area contributed by atoms with Gasteiger partial charge in [-0.15, -0.1) is 0 Å². The van der Waals surface area contributed by atoms with E-state index in [4.69, 9.17) is 5.26 Å². The predicted molar refractivity (Wildman–Crippen MR) is 55.0 cm³/mol. The molecular formula is C10H7FN2O2S. The van der Waals surface area contributed by atoms with E-state index in [2.05, 4.69) is 0 Å². The molecule has 1 aromatic rings. The number of sulfonamides is 1. The largest absolute Gasteiger partial charge is 0.265 e. The van der Waals surface area contributed by atoms with Crippen molar-refractivity contribution >= 4 is 15.9 Å². The van der Waals surface area contributed by atoms with Crippen molar-refractivity contribution in [3.63, 3.8) is 0 Å². The minimum absolute atomic E-state index is 0.0582. The van der Waals surface area contributed by atoms with Crippen LogP contribution in [0, 0.1) is 11.3 Å². The van der Waals surface area contributed by atoms with Gasteiger partial charge in [-0.2, -0.15) is 5.26 Å². The fourth-order valence-corrected chi connectivity index (χ4v) is 2.87. The van der Waals surface area contributed by atoms with Crippen LogP contribution in [-0.4, -0.2) is 19.8 Å². The third-order valence-corrected chi connectivity index (χ3v) is 4.21. The van der Waals surface area contributed by atoms with Gasteiger partial charge in [-0.3, -0.25) is 4.31 Å². The van der Waals surface area contributed by atoms with E-state index in [1.54, 1.807) is 6.07 Å². The van der Waals surface area contributed by atoms with Gasteiger partial charge in [0.2, 0.25) is 0 Å². The summed E-state index contributed by atoms with van der Waals surface area (Å²) in [5, 5.41) is 8.74. The highest BCUT2D eigenvalue weighted by molar-refractivity contribution is 7.89. The lowest BCUT2D eigenvalue weighted by Gasteiger charge is -2.24. The van der Waals surface area contributed by atoms with Crippen molar-refractivity contribution in [2.24, 2.45) is 0 Å². The highest BCUT2D eigenvalue weighted by Gasteiger charge is 2.34. The molecule has 0 saturated carbocycles. The summed E-state index contributed by atoms with van der Waals surface area (Å²) in [7, 11) is -2.65. The molecule has 1 heterocycles. The van der Waals surface area contributed by atoms with E-state index in [1.807, 2.05) is 0 Å². The van der Waals surface area contributed by atoms with Crippen LogP contribution in [0.3, 0.4) is 0 Å². The maximum Gasteiger partial charge on any atom is 0.265 e. The van der Waals surface area contributed by atoms with Crippen LogP contribution in [0.25, 0.3) is 5.83 Å². The molecule has 0 unspecified atom stereocenters. The lowest BCUT2D eigenvalue weighted by Crippen LogP contribution is -2.30. The van der Waals surface area contributed by atoms with Crippen LogP contribution in [0.2, 0.25) is 0 Å². The van der Waals surface area contributed by atoms with E-state index in [0.717, 1.165) is 7.05 Å². The zero-order chi connectivity index (χ0) is 11.9. The first-order chi connectivity index (χ1) is 7.50. The summed E-state index contributed by atoms with van der Waals surface area (Å²) >= 11 is 0. The highest BCUT2D eigenvalue weighted by atomic mass is 32.2. The molecule has 0 saturated heterocycles. The summed E-state index contributed by atoms with van der Waals surface area (Å²) in [6.45, 7) is 0. The molecule has 16 heavy (non-hydrogen) atoms. The van der Waals surface area contributed by atoms with E-state index in [9.17, 15) is 12.8 Å².